The predicted molar refractivity (Wildman–Crippen MR) is 105 cm³/mol. The highest BCUT2D eigenvalue weighted by molar-refractivity contribution is 6.30. The Balaban J connectivity index is 2.10. The second-order valence-electron chi connectivity index (χ2n) is 6.42. The van der Waals surface area contributed by atoms with Gasteiger partial charge in [0.25, 0.3) is 0 Å². The molecule has 0 fully saturated rings. The third-order valence-corrected chi connectivity index (χ3v) is 4.68. The average Bonchev–Trinajstić information content (AvgIpc) is 2.65. The number of carbonyl (C=O) groups is 2. The van der Waals surface area contributed by atoms with Crippen LogP contribution in [-0.4, -0.2) is 29.8 Å². The first kappa shape index (κ1) is 20.0. The van der Waals surface area contributed by atoms with Crippen molar-refractivity contribution in [2.45, 2.75) is 39.3 Å². The molecule has 0 aliphatic heterocycles. The van der Waals surface area contributed by atoms with Gasteiger partial charge in [0.1, 0.15) is 6.04 Å². The molecule has 0 aliphatic carbocycles. The highest BCUT2D eigenvalue weighted by atomic mass is 35.5. The maximum Gasteiger partial charge on any atom is 0.242 e. The molecule has 1 unspecified atom stereocenters. The quantitative estimate of drug-likeness (QED) is 0.804. The van der Waals surface area contributed by atoms with Crippen LogP contribution in [0.4, 0.5) is 0 Å². The minimum Gasteiger partial charge on any atom is -0.357 e. The van der Waals surface area contributed by atoms with E-state index in [0.29, 0.717) is 24.4 Å². The van der Waals surface area contributed by atoms with Gasteiger partial charge < -0.3 is 10.2 Å². The number of nitrogens with one attached hydrogen (secondary N) is 1. The minimum atomic E-state index is -0.541. The molecule has 2 aromatic rings. The molecule has 0 saturated heterocycles. The second-order valence-corrected chi connectivity index (χ2v) is 6.86. The zero-order chi connectivity index (χ0) is 19.1. The van der Waals surface area contributed by atoms with E-state index in [1.165, 1.54) is 5.56 Å². The van der Waals surface area contributed by atoms with Crippen molar-refractivity contribution in [1.82, 2.24) is 10.2 Å². The van der Waals surface area contributed by atoms with E-state index in [-0.39, 0.29) is 11.8 Å². The summed E-state index contributed by atoms with van der Waals surface area (Å²) in [6, 6.07) is 14.9. The number of hydrogen-bond donors (Lipinski definition) is 1. The summed E-state index contributed by atoms with van der Waals surface area (Å²) in [5, 5.41) is 3.26. The first-order chi connectivity index (χ1) is 12.4. The van der Waals surface area contributed by atoms with Crippen LogP contribution in [0.5, 0.6) is 0 Å². The van der Waals surface area contributed by atoms with Crippen LogP contribution < -0.4 is 5.32 Å². The van der Waals surface area contributed by atoms with Crippen molar-refractivity contribution in [3.63, 3.8) is 0 Å². The third kappa shape index (κ3) is 5.60. The average molecular weight is 373 g/mol. The highest BCUT2D eigenvalue weighted by Crippen LogP contribution is 2.15. The smallest absolute Gasteiger partial charge is 0.242 e. The Morgan fingerprint density at radius 3 is 2.19 bits per heavy atom. The first-order valence-electron chi connectivity index (χ1n) is 8.71. The van der Waals surface area contributed by atoms with Crippen LogP contribution in [0.1, 0.15) is 30.0 Å². The lowest BCUT2D eigenvalue weighted by Gasteiger charge is -2.28. The zero-order valence-corrected chi connectivity index (χ0v) is 16.2. The molecule has 138 valence electrons. The van der Waals surface area contributed by atoms with Crippen LogP contribution in [-0.2, 0) is 22.6 Å². The van der Waals surface area contributed by atoms with Crippen molar-refractivity contribution in [2.75, 3.05) is 7.05 Å². The molecule has 1 N–H and O–H groups in total. The fourth-order valence-corrected chi connectivity index (χ4v) is 2.85. The van der Waals surface area contributed by atoms with Crippen LogP contribution in [0.2, 0.25) is 5.02 Å². The van der Waals surface area contributed by atoms with E-state index in [9.17, 15) is 9.59 Å². The van der Waals surface area contributed by atoms with Crippen molar-refractivity contribution < 1.29 is 9.59 Å². The van der Waals surface area contributed by atoms with Crippen LogP contribution in [0, 0.1) is 6.92 Å². The molecule has 0 bridgehead atoms. The molecular formula is C21H25ClN2O2. The zero-order valence-electron chi connectivity index (χ0n) is 15.5. The number of rotatable bonds is 7. The van der Waals surface area contributed by atoms with Crippen LogP contribution in [0.15, 0.2) is 48.5 Å². The van der Waals surface area contributed by atoms with E-state index in [1.54, 1.807) is 31.0 Å². The number of nitrogens with zero attached hydrogens (tertiary/aromatic N) is 1. The Labute approximate surface area is 160 Å². The fourth-order valence-electron chi connectivity index (χ4n) is 2.73. The number of likely N-dealkylation sites (N-methyl/N-ethyl adjacent to an activating group) is 1. The van der Waals surface area contributed by atoms with Gasteiger partial charge in [0.05, 0.1) is 0 Å². The molecule has 0 aliphatic rings. The molecule has 26 heavy (non-hydrogen) atoms. The molecule has 0 saturated carbocycles. The number of aryl methyl sites for hydroxylation is 2. The Bertz CT molecular complexity index is 742. The fraction of sp³-hybridized carbons (Fsp3) is 0.333. The van der Waals surface area contributed by atoms with Gasteiger partial charge in [0.15, 0.2) is 0 Å². The second kappa shape index (κ2) is 9.39. The van der Waals surface area contributed by atoms with Crippen molar-refractivity contribution >= 4 is 23.4 Å². The largest absolute Gasteiger partial charge is 0.357 e. The Kier molecular flexibility index (Phi) is 7.22. The van der Waals surface area contributed by atoms with E-state index >= 15 is 0 Å². The number of amides is 2. The third-order valence-electron chi connectivity index (χ3n) is 4.43. The Hall–Kier alpha value is -2.33. The van der Waals surface area contributed by atoms with Gasteiger partial charge in [-0.05, 0) is 43.5 Å². The predicted octanol–water partition coefficient (Wildman–Crippen LogP) is 3.74. The summed E-state index contributed by atoms with van der Waals surface area (Å²) in [5.41, 5.74) is 3.24. The molecule has 5 heteroatoms. The van der Waals surface area contributed by atoms with E-state index in [0.717, 1.165) is 11.1 Å². The standard InChI is InChI=1S/C21H25ClN2O2/c1-15-4-6-17(7-5-15)10-13-20(25)24(16(2)21(26)23-3)14-18-8-11-19(22)12-9-18/h4-9,11-12,16H,10,13-14H2,1-3H3,(H,23,26). The van der Waals surface area contributed by atoms with Crippen LogP contribution >= 0.6 is 11.6 Å². The summed E-state index contributed by atoms with van der Waals surface area (Å²) in [5.74, 6) is -0.223. The lowest BCUT2D eigenvalue weighted by atomic mass is 10.1. The molecule has 0 radical (unpaired) electrons. The highest BCUT2D eigenvalue weighted by Gasteiger charge is 2.25. The van der Waals surface area contributed by atoms with Gasteiger partial charge >= 0.3 is 0 Å². The van der Waals surface area contributed by atoms with Crippen molar-refractivity contribution in [3.05, 3.63) is 70.2 Å². The van der Waals surface area contributed by atoms with Crippen LogP contribution in [0.3, 0.4) is 0 Å². The van der Waals surface area contributed by atoms with Gasteiger partial charge in [0.2, 0.25) is 11.8 Å². The van der Waals surface area contributed by atoms with Crippen molar-refractivity contribution in [1.29, 1.82) is 0 Å². The summed E-state index contributed by atoms with van der Waals surface area (Å²) in [7, 11) is 1.58. The summed E-state index contributed by atoms with van der Waals surface area (Å²) in [4.78, 5) is 26.5. The van der Waals surface area contributed by atoms with Crippen molar-refractivity contribution in [2.24, 2.45) is 0 Å². The first-order valence-corrected chi connectivity index (χ1v) is 9.09. The number of halogens is 1. The maximum absolute atomic E-state index is 12.8. The van der Waals surface area contributed by atoms with Crippen LogP contribution in [0.25, 0.3) is 0 Å². The van der Waals surface area contributed by atoms with E-state index < -0.39 is 6.04 Å². The molecule has 2 rings (SSSR count). The Morgan fingerprint density at radius 1 is 1.04 bits per heavy atom. The lowest BCUT2D eigenvalue weighted by molar-refractivity contribution is -0.140. The molecule has 0 aromatic heterocycles. The molecule has 2 aromatic carbocycles. The molecule has 2 amide bonds. The number of benzene rings is 2. The van der Waals surface area contributed by atoms with Gasteiger partial charge in [0, 0.05) is 25.0 Å². The molecule has 1 atom stereocenters. The summed E-state index contributed by atoms with van der Waals surface area (Å²) in [6.45, 7) is 4.16. The van der Waals surface area contributed by atoms with E-state index in [1.807, 2.05) is 43.3 Å². The summed E-state index contributed by atoms with van der Waals surface area (Å²) < 4.78 is 0. The van der Waals surface area contributed by atoms with Crippen molar-refractivity contribution in [3.8, 4) is 0 Å². The topological polar surface area (TPSA) is 49.4 Å². The number of carbonyl (C=O) groups excluding carboxylic acids is 2. The molecule has 4 nitrogen and oxygen atoms in total. The monoisotopic (exact) mass is 372 g/mol. The SMILES string of the molecule is CNC(=O)C(C)N(Cc1ccc(Cl)cc1)C(=O)CCc1ccc(C)cc1. The van der Waals surface area contributed by atoms with Gasteiger partial charge in [-0.2, -0.15) is 0 Å². The molecular weight excluding hydrogens is 348 g/mol. The lowest BCUT2D eigenvalue weighted by Crippen LogP contribution is -2.46. The number of hydrogen-bond acceptors (Lipinski definition) is 2. The minimum absolute atomic E-state index is 0.0448. The van der Waals surface area contributed by atoms with Gasteiger partial charge in [-0.1, -0.05) is 53.6 Å². The summed E-state index contributed by atoms with van der Waals surface area (Å²) in [6.07, 6.45) is 1.01. The molecule has 0 heterocycles. The summed E-state index contributed by atoms with van der Waals surface area (Å²) >= 11 is 5.93. The van der Waals surface area contributed by atoms with E-state index in [4.69, 9.17) is 11.6 Å². The van der Waals surface area contributed by atoms with Gasteiger partial charge in [-0.3, -0.25) is 9.59 Å². The van der Waals surface area contributed by atoms with Gasteiger partial charge in [-0.15, -0.1) is 0 Å². The Morgan fingerprint density at radius 2 is 1.62 bits per heavy atom. The maximum atomic E-state index is 12.8. The molecule has 0 spiro atoms. The van der Waals surface area contributed by atoms with Gasteiger partial charge in [-0.25, -0.2) is 0 Å². The van der Waals surface area contributed by atoms with E-state index in [2.05, 4.69) is 5.32 Å². The normalized spacial score (nSPS) is 11.7.